The summed E-state index contributed by atoms with van der Waals surface area (Å²) in [4.78, 5) is 24.9. The van der Waals surface area contributed by atoms with Crippen molar-refractivity contribution in [1.82, 2.24) is 9.62 Å². The van der Waals surface area contributed by atoms with Crippen LogP contribution in [0.4, 0.5) is 0 Å². The van der Waals surface area contributed by atoms with Crippen molar-refractivity contribution in [3.63, 3.8) is 0 Å². The van der Waals surface area contributed by atoms with Crippen LogP contribution in [-0.2, 0) is 19.6 Å². The molecule has 24 heavy (non-hydrogen) atoms. The summed E-state index contributed by atoms with van der Waals surface area (Å²) in [5, 5.41) is 0.345. The lowest BCUT2D eigenvalue weighted by atomic mass is 9.96. The number of halogens is 1. The molecule has 2 amide bonds. The number of nitrogens with one attached hydrogen (secondary N) is 1. The average molecular weight is 374 g/mol. The van der Waals surface area contributed by atoms with Crippen LogP contribution < -0.4 is 10.5 Å². The minimum Gasteiger partial charge on any atom is -0.369 e. The molecule has 0 aliphatic carbocycles. The normalized spacial score (nSPS) is 16.2. The predicted octanol–water partition coefficient (Wildman–Crippen LogP) is 0.651. The molecular weight excluding hydrogens is 354 g/mol. The zero-order chi connectivity index (χ0) is 17.9. The quantitative estimate of drug-likeness (QED) is 0.789. The Kier molecular flexibility index (Phi) is 5.84. The number of likely N-dealkylation sites (tertiary alicyclic amines) is 1. The number of sulfonamides is 1. The first-order valence-electron chi connectivity index (χ1n) is 7.54. The van der Waals surface area contributed by atoms with Gasteiger partial charge in [0, 0.05) is 24.0 Å². The summed E-state index contributed by atoms with van der Waals surface area (Å²) in [6.07, 6.45) is 1.00. The van der Waals surface area contributed by atoms with E-state index in [2.05, 4.69) is 4.72 Å². The summed E-state index contributed by atoms with van der Waals surface area (Å²) >= 11 is 5.94. The van der Waals surface area contributed by atoms with E-state index in [-0.39, 0.29) is 29.2 Å². The van der Waals surface area contributed by atoms with E-state index in [0.717, 1.165) is 0 Å². The summed E-state index contributed by atoms with van der Waals surface area (Å²) in [5.74, 6) is -0.916. The van der Waals surface area contributed by atoms with Crippen molar-refractivity contribution in [3.8, 4) is 0 Å². The minimum absolute atomic E-state index is 0.0511. The zero-order valence-electron chi connectivity index (χ0n) is 13.3. The number of piperidine rings is 1. The first-order valence-corrected chi connectivity index (χ1v) is 9.40. The molecule has 0 unspecified atom stereocenters. The van der Waals surface area contributed by atoms with E-state index in [1.54, 1.807) is 19.1 Å². The van der Waals surface area contributed by atoms with Gasteiger partial charge in [0.1, 0.15) is 0 Å². The highest BCUT2D eigenvalue weighted by atomic mass is 35.5. The number of benzene rings is 1. The smallest absolute Gasteiger partial charge is 0.241 e. The van der Waals surface area contributed by atoms with Crippen molar-refractivity contribution in [2.75, 3.05) is 19.6 Å². The molecule has 1 heterocycles. The van der Waals surface area contributed by atoms with Crippen molar-refractivity contribution in [2.45, 2.75) is 24.7 Å². The predicted molar refractivity (Wildman–Crippen MR) is 89.9 cm³/mol. The topological polar surface area (TPSA) is 110 Å². The van der Waals surface area contributed by atoms with Gasteiger partial charge in [0.05, 0.1) is 11.4 Å². The maximum Gasteiger partial charge on any atom is 0.241 e. The molecule has 1 fully saturated rings. The first-order chi connectivity index (χ1) is 11.2. The van der Waals surface area contributed by atoms with E-state index in [1.165, 1.54) is 11.0 Å². The average Bonchev–Trinajstić information content (AvgIpc) is 2.55. The summed E-state index contributed by atoms with van der Waals surface area (Å²) in [6, 6.07) is 4.58. The lowest BCUT2D eigenvalue weighted by Crippen LogP contribution is -2.45. The van der Waals surface area contributed by atoms with E-state index in [4.69, 9.17) is 17.3 Å². The van der Waals surface area contributed by atoms with Crippen LogP contribution in [0.2, 0.25) is 5.02 Å². The molecule has 132 valence electrons. The van der Waals surface area contributed by atoms with Crippen molar-refractivity contribution in [1.29, 1.82) is 0 Å². The number of nitrogens with zero attached hydrogens (tertiary/aromatic N) is 1. The summed E-state index contributed by atoms with van der Waals surface area (Å²) in [5.41, 5.74) is 5.68. The first kappa shape index (κ1) is 18.7. The Hall–Kier alpha value is -1.64. The SMILES string of the molecule is Cc1c(Cl)cccc1S(=O)(=O)NCC(=O)N1CCC(C(N)=O)CC1. The van der Waals surface area contributed by atoms with Gasteiger partial charge in [0.15, 0.2) is 0 Å². The Balaban J connectivity index is 1.96. The van der Waals surface area contributed by atoms with Crippen LogP contribution in [0.1, 0.15) is 18.4 Å². The van der Waals surface area contributed by atoms with Crippen molar-refractivity contribution >= 4 is 33.4 Å². The molecule has 1 aliphatic heterocycles. The van der Waals surface area contributed by atoms with Gasteiger partial charge >= 0.3 is 0 Å². The van der Waals surface area contributed by atoms with Crippen LogP contribution in [0.5, 0.6) is 0 Å². The number of rotatable bonds is 5. The van der Waals surface area contributed by atoms with Crippen molar-refractivity contribution in [3.05, 3.63) is 28.8 Å². The molecule has 9 heteroatoms. The second-order valence-electron chi connectivity index (χ2n) is 5.74. The molecule has 3 N–H and O–H groups in total. The fraction of sp³-hybridized carbons (Fsp3) is 0.467. The molecule has 0 atom stereocenters. The van der Waals surface area contributed by atoms with E-state index >= 15 is 0 Å². The Morgan fingerprint density at radius 2 is 1.96 bits per heavy atom. The highest BCUT2D eigenvalue weighted by Crippen LogP contribution is 2.22. The van der Waals surface area contributed by atoms with Gasteiger partial charge in [-0.1, -0.05) is 17.7 Å². The standard InChI is InChI=1S/C15H20ClN3O4S/c1-10-12(16)3-2-4-13(10)24(22,23)18-9-14(20)19-7-5-11(6-8-19)15(17)21/h2-4,11,18H,5-9H2,1H3,(H2,17,21). The van der Waals surface area contributed by atoms with Crippen LogP contribution in [0.15, 0.2) is 23.1 Å². The number of carbonyl (C=O) groups excluding carboxylic acids is 2. The summed E-state index contributed by atoms with van der Waals surface area (Å²) in [7, 11) is -3.83. The fourth-order valence-electron chi connectivity index (χ4n) is 2.64. The molecule has 1 aromatic carbocycles. The van der Waals surface area contributed by atoms with E-state index in [0.29, 0.717) is 36.5 Å². The fourth-order valence-corrected chi connectivity index (χ4v) is 4.11. The van der Waals surface area contributed by atoms with E-state index < -0.39 is 10.0 Å². The maximum atomic E-state index is 12.3. The highest BCUT2D eigenvalue weighted by Gasteiger charge is 2.27. The Bertz CT molecular complexity index is 743. The largest absolute Gasteiger partial charge is 0.369 e. The molecule has 1 aliphatic rings. The molecule has 0 bridgehead atoms. The Morgan fingerprint density at radius 1 is 1.33 bits per heavy atom. The Morgan fingerprint density at radius 3 is 2.54 bits per heavy atom. The summed E-state index contributed by atoms with van der Waals surface area (Å²) in [6.45, 7) is 2.05. The highest BCUT2D eigenvalue weighted by molar-refractivity contribution is 7.89. The lowest BCUT2D eigenvalue weighted by molar-refractivity contribution is -0.133. The molecule has 1 saturated heterocycles. The van der Waals surface area contributed by atoms with Gasteiger partial charge in [0.25, 0.3) is 0 Å². The van der Waals surface area contributed by atoms with Gasteiger partial charge in [-0.05, 0) is 37.5 Å². The Labute approximate surface area is 146 Å². The molecule has 7 nitrogen and oxygen atoms in total. The summed E-state index contributed by atoms with van der Waals surface area (Å²) < 4.78 is 27.0. The third-order valence-electron chi connectivity index (χ3n) is 4.17. The lowest BCUT2D eigenvalue weighted by Gasteiger charge is -2.30. The third kappa shape index (κ3) is 4.25. The van der Waals surface area contributed by atoms with Crippen LogP contribution >= 0.6 is 11.6 Å². The van der Waals surface area contributed by atoms with Crippen molar-refractivity contribution in [2.24, 2.45) is 11.7 Å². The molecule has 0 spiro atoms. The van der Waals surface area contributed by atoms with Crippen LogP contribution in [0, 0.1) is 12.8 Å². The third-order valence-corrected chi connectivity index (χ3v) is 6.13. The number of carbonyl (C=O) groups is 2. The van der Waals surface area contributed by atoms with Gasteiger partial charge < -0.3 is 10.6 Å². The van der Waals surface area contributed by atoms with Gasteiger partial charge in [-0.15, -0.1) is 0 Å². The zero-order valence-corrected chi connectivity index (χ0v) is 14.9. The maximum absolute atomic E-state index is 12.3. The van der Waals surface area contributed by atoms with Crippen LogP contribution in [-0.4, -0.2) is 44.8 Å². The molecule has 0 radical (unpaired) electrons. The molecule has 2 rings (SSSR count). The number of primary amides is 1. The van der Waals surface area contributed by atoms with Crippen LogP contribution in [0.3, 0.4) is 0 Å². The van der Waals surface area contributed by atoms with Crippen molar-refractivity contribution < 1.29 is 18.0 Å². The molecule has 0 aromatic heterocycles. The number of hydrogen-bond donors (Lipinski definition) is 2. The number of nitrogens with two attached hydrogens (primary N) is 1. The van der Waals surface area contributed by atoms with Crippen LogP contribution in [0.25, 0.3) is 0 Å². The van der Waals surface area contributed by atoms with E-state index in [9.17, 15) is 18.0 Å². The molecule has 0 saturated carbocycles. The van der Waals surface area contributed by atoms with Gasteiger partial charge in [-0.2, -0.15) is 0 Å². The molecular formula is C15H20ClN3O4S. The molecule has 1 aromatic rings. The number of hydrogen-bond acceptors (Lipinski definition) is 4. The van der Waals surface area contributed by atoms with Gasteiger partial charge in [0.2, 0.25) is 21.8 Å². The van der Waals surface area contributed by atoms with Gasteiger partial charge in [-0.3, -0.25) is 9.59 Å². The second-order valence-corrected chi connectivity index (χ2v) is 7.89. The minimum atomic E-state index is -3.83. The number of amides is 2. The van der Waals surface area contributed by atoms with Gasteiger partial charge in [-0.25, -0.2) is 13.1 Å². The van der Waals surface area contributed by atoms with E-state index in [1.807, 2.05) is 0 Å². The monoisotopic (exact) mass is 373 g/mol. The second kappa shape index (κ2) is 7.50.